The van der Waals surface area contributed by atoms with Crippen molar-refractivity contribution in [2.45, 2.75) is 48.6 Å². The molecule has 0 bridgehead atoms. The third-order valence-electron chi connectivity index (χ3n) is 5.24. The van der Waals surface area contributed by atoms with Crippen LogP contribution in [0.15, 0.2) is 35.2 Å². The average Bonchev–Trinajstić information content (AvgIpc) is 3.48. The van der Waals surface area contributed by atoms with Gasteiger partial charge in [-0.1, -0.05) is 18.2 Å². The second kappa shape index (κ2) is 11.1. The predicted molar refractivity (Wildman–Crippen MR) is 114 cm³/mol. The van der Waals surface area contributed by atoms with Crippen LogP contribution < -0.4 is 31.5 Å². The van der Waals surface area contributed by atoms with Crippen LogP contribution in [0, 0.1) is 0 Å². The molecule has 0 aliphatic carbocycles. The van der Waals surface area contributed by atoms with Crippen molar-refractivity contribution in [3.05, 3.63) is 30.3 Å². The standard InChI is InChI=1S/C19H30N6O6S/c26-16(15-8-11-23-31-15)24-19(17(27)28,9-4-5-10-20-18-21-12-13-22-18)25-32(29,30)14-6-2-1-3-7-14/h1-3,6-7,15,18,20-23,25H,4-5,8-13H2,(H,24,26)(H,27,28). The number of carboxylic acid groups (broad SMARTS) is 1. The second-order valence-electron chi connectivity index (χ2n) is 7.66. The molecule has 12 nitrogen and oxygen atoms in total. The zero-order valence-electron chi connectivity index (χ0n) is 17.6. The minimum absolute atomic E-state index is 0.0115. The maximum atomic E-state index is 12.9. The number of carboxylic acids is 1. The van der Waals surface area contributed by atoms with Crippen LogP contribution in [0.3, 0.4) is 0 Å². The van der Waals surface area contributed by atoms with Crippen molar-refractivity contribution in [1.29, 1.82) is 0 Å². The van der Waals surface area contributed by atoms with Crippen LogP contribution >= 0.6 is 0 Å². The number of nitrogens with one attached hydrogen (secondary N) is 6. The number of hydrogen-bond acceptors (Lipinski definition) is 9. The van der Waals surface area contributed by atoms with E-state index in [4.69, 9.17) is 4.84 Å². The van der Waals surface area contributed by atoms with Crippen molar-refractivity contribution in [1.82, 2.24) is 31.5 Å². The molecule has 178 valence electrons. The number of aliphatic carboxylic acids is 1. The number of sulfonamides is 1. The average molecular weight is 471 g/mol. The summed E-state index contributed by atoms with van der Waals surface area (Å²) in [5.74, 6) is -2.20. The zero-order chi connectivity index (χ0) is 23.0. The molecule has 1 aromatic rings. The molecule has 2 aliphatic rings. The first-order valence-electron chi connectivity index (χ1n) is 10.6. The Balaban J connectivity index is 1.72. The highest BCUT2D eigenvalue weighted by Gasteiger charge is 2.45. The highest BCUT2D eigenvalue weighted by atomic mass is 32.2. The molecule has 1 aromatic carbocycles. The third kappa shape index (κ3) is 6.45. The first-order valence-corrected chi connectivity index (χ1v) is 12.0. The van der Waals surface area contributed by atoms with Gasteiger partial charge in [0.25, 0.3) is 5.91 Å². The van der Waals surface area contributed by atoms with Crippen LogP contribution in [0.1, 0.15) is 25.7 Å². The Bertz CT molecular complexity index is 874. The Morgan fingerprint density at radius 2 is 1.84 bits per heavy atom. The fraction of sp³-hybridized carbons (Fsp3) is 0.579. The highest BCUT2D eigenvalue weighted by molar-refractivity contribution is 7.89. The summed E-state index contributed by atoms with van der Waals surface area (Å²) in [5.41, 5.74) is 0.341. The van der Waals surface area contributed by atoms with Gasteiger partial charge in [-0.3, -0.25) is 25.6 Å². The smallest absolute Gasteiger partial charge is 0.345 e. The van der Waals surface area contributed by atoms with E-state index in [1.54, 1.807) is 6.07 Å². The van der Waals surface area contributed by atoms with E-state index in [9.17, 15) is 23.1 Å². The number of carbonyl (C=O) groups excluding carboxylic acids is 1. The Kier molecular flexibility index (Phi) is 8.53. The van der Waals surface area contributed by atoms with Gasteiger partial charge < -0.3 is 10.4 Å². The van der Waals surface area contributed by atoms with E-state index in [1.165, 1.54) is 24.3 Å². The number of amides is 1. The lowest BCUT2D eigenvalue weighted by Gasteiger charge is -2.32. The molecule has 3 rings (SSSR count). The largest absolute Gasteiger partial charge is 0.478 e. The van der Waals surface area contributed by atoms with Crippen LogP contribution in [0.2, 0.25) is 0 Å². The summed E-state index contributed by atoms with van der Waals surface area (Å²) in [5, 5.41) is 22.1. The second-order valence-corrected chi connectivity index (χ2v) is 9.34. The van der Waals surface area contributed by atoms with Crippen LogP contribution in [0.25, 0.3) is 0 Å². The molecule has 2 saturated heterocycles. The predicted octanol–water partition coefficient (Wildman–Crippen LogP) is -1.61. The summed E-state index contributed by atoms with van der Waals surface area (Å²) < 4.78 is 28.1. The fourth-order valence-electron chi connectivity index (χ4n) is 3.53. The molecule has 2 aliphatic heterocycles. The van der Waals surface area contributed by atoms with Crippen LogP contribution in [0.5, 0.6) is 0 Å². The van der Waals surface area contributed by atoms with Crippen LogP contribution in [-0.2, 0) is 24.4 Å². The quantitative estimate of drug-likeness (QED) is 0.139. The van der Waals surface area contributed by atoms with Crippen molar-refractivity contribution < 1.29 is 28.0 Å². The lowest BCUT2D eigenvalue weighted by Crippen LogP contribution is -2.66. The Morgan fingerprint density at radius 1 is 1.12 bits per heavy atom. The summed E-state index contributed by atoms with van der Waals surface area (Å²) in [4.78, 5) is 30.0. The van der Waals surface area contributed by atoms with E-state index >= 15 is 0 Å². The van der Waals surface area contributed by atoms with Crippen molar-refractivity contribution in [2.24, 2.45) is 0 Å². The molecule has 13 heteroatoms. The van der Waals surface area contributed by atoms with Gasteiger partial charge in [-0.2, -0.15) is 4.72 Å². The summed E-state index contributed by atoms with van der Waals surface area (Å²) in [6, 6.07) is 7.42. The molecule has 1 amide bonds. The molecule has 32 heavy (non-hydrogen) atoms. The van der Waals surface area contributed by atoms with E-state index in [0.29, 0.717) is 32.4 Å². The molecule has 0 aromatic heterocycles. The first kappa shape index (κ1) is 24.5. The molecular weight excluding hydrogens is 440 g/mol. The van der Waals surface area contributed by atoms with Crippen molar-refractivity contribution in [3.8, 4) is 0 Å². The maximum absolute atomic E-state index is 12.9. The Morgan fingerprint density at radius 3 is 2.47 bits per heavy atom. The van der Waals surface area contributed by atoms with Gasteiger partial charge in [0.05, 0.1) is 4.90 Å². The van der Waals surface area contributed by atoms with Gasteiger partial charge in [0.1, 0.15) is 6.29 Å². The molecular formula is C19H30N6O6S. The molecule has 2 unspecified atom stereocenters. The maximum Gasteiger partial charge on any atom is 0.345 e. The molecule has 7 N–H and O–H groups in total. The molecule has 2 atom stereocenters. The van der Waals surface area contributed by atoms with Crippen LogP contribution in [-0.4, -0.2) is 69.6 Å². The van der Waals surface area contributed by atoms with Gasteiger partial charge in [-0.05, 0) is 44.4 Å². The number of carbonyl (C=O) groups is 2. The van der Waals surface area contributed by atoms with Gasteiger partial charge in [0.2, 0.25) is 15.7 Å². The van der Waals surface area contributed by atoms with Gasteiger partial charge in [0, 0.05) is 19.6 Å². The van der Waals surface area contributed by atoms with E-state index in [1.807, 2.05) is 0 Å². The monoisotopic (exact) mass is 470 g/mol. The minimum Gasteiger partial charge on any atom is -0.478 e. The molecule has 0 radical (unpaired) electrons. The number of unbranched alkanes of at least 4 members (excludes halogenated alkanes) is 1. The number of hydroxylamine groups is 1. The fourth-order valence-corrected chi connectivity index (χ4v) is 4.86. The van der Waals surface area contributed by atoms with Crippen molar-refractivity contribution in [2.75, 3.05) is 26.2 Å². The summed E-state index contributed by atoms with van der Waals surface area (Å²) in [6.07, 6.45) is 0.192. The summed E-state index contributed by atoms with van der Waals surface area (Å²) in [7, 11) is -4.23. The van der Waals surface area contributed by atoms with E-state index in [0.717, 1.165) is 13.1 Å². The number of hydrogen-bond donors (Lipinski definition) is 7. The minimum atomic E-state index is -4.23. The molecule has 0 saturated carbocycles. The van der Waals surface area contributed by atoms with Gasteiger partial charge in [0.15, 0.2) is 6.10 Å². The van der Waals surface area contributed by atoms with E-state index < -0.39 is 33.7 Å². The number of rotatable bonds is 12. The highest BCUT2D eigenvalue weighted by Crippen LogP contribution is 2.19. The lowest BCUT2D eigenvalue weighted by molar-refractivity contribution is -0.151. The number of benzene rings is 1. The Labute approximate surface area is 186 Å². The zero-order valence-corrected chi connectivity index (χ0v) is 18.4. The van der Waals surface area contributed by atoms with Crippen LogP contribution in [0.4, 0.5) is 0 Å². The van der Waals surface area contributed by atoms with E-state index in [-0.39, 0.29) is 17.6 Å². The summed E-state index contributed by atoms with van der Waals surface area (Å²) in [6.45, 7) is 2.72. The normalized spacial score (nSPS) is 21.3. The molecule has 0 spiro atoms. The molecule has 2 heterocycles. The first-order chi connectivity index (χ1) is 15.3. The third-order valence-corrected chi connectivity index (χ3v) is 6.75. The summed E-state index contributed by atoms with van der Waals surface area (Å²) >= 11 is 0. The van der Waals surface area contributed by atoms with E-state index in [2.05, 4.69) is 31.5 Å². The van der Waals surface area contributed by atoms with Gasteiger partial charge >= 0.3 is 5.97 Å². The molecule has 2 fully saturated rings. The van der Waals surface area contributed by atoms with Crippen molar-refractivity contribution in [3.63, 3.8) is 0 Å². The van der Waals surface area contributed by atoms with Gasteiger partial charge in [-0.15, -0.1) is 0 Å². The topological polar surface area (TPSA) is 170 Å². The van der Waals surface area contributed by atoms with Gasteiger partial charge in [-0.25, -0.2) is 18.7 Å². The SMILES string of the molecule is O=C(NC(CCCCNC1NCCN1)(NS(=O)(=O)c1ccccc1)C(=O)O)C1CCNO1. The van der Waals surface area contributed by atoms with Crippen molar-refractivity contribution >= 4 is 21.9 Å². The lowest BCUT2D eigenvalue weighted by atomic mass is 10.0. The Hall–Kier alpha value is -2.13.